The van der Waals surface area contributed by atoms with Crippen LogP contribution in [0.5, 0.6) is 6.08 Å². The first-order chi connectivity index (χ1) is 8.69. The number of aromatic hydroxyl groups is 1. The molecule has 2 rings (SSSR count). The third-order valence-electron chi connectivity index (χ3n) is 2.40. The third kappa shape index (κ3) is 2.85. The predicted molar refractivity (Wildman–Crippen MR) is 63.5 cm³/mol. The van der Waals surface area contributed by atoms with Crippen LogP contribution in [-0.4, -0.2) is 21.2 Å². The zero-order chi connectivity index (χ0) is 13.0. The molecule has 1 aromatic carbocycles. The maximum Gasteiger partial charge on any atom is 0.412 e. The molecule has 1 amide bonds. The number of amides is 1. The molecule has 18 heavy (non-hydrogen) atoms. The summed E-state index contributed by atoms with van der Waals surface area (Å²) < 4.78 is 4.92. The van der Waals surface area contributed by atoms with E-state index in [0.29, 0.717) is 18.5 Å². The van der Waals surface area contributed by atoms with Gasteiger partial charge in [0.1, 0.15) is 0 Å². The number of rotatable bonds is 4. The first-order valence-electron chi connectivity index (χ1n) is 5.57. The van der Waals surface area contributed by atoms with Crippen molar-refractivity contribution in [3.63, 3.8) is 0 Å². The van der Waals surface area contributed by atoms with E-state index in [4.69, 9.17) is 9.52 Å². The van der Waals surface area contributed by atoms with Crippen LogP contribution in [0.1, 0.15) is 18.9 Å². The van der Waals surface area contributed by atoms with Gasteiger partial charge in [0.2, 0.25) is 5.91 Å². The van der Waals surface area contributed by atoms with Gasteiger partial charge in [-0.15, -0.1) is 5.10 Å². The van der Waals surface area contributed by atoms with Gasteiger partial charge in [0, 0.05) is 18.5 Å². The van der Waals surface area contributed by atoms with E-state index in [1.54, 1.807) is 13.0 Å². The lowest BCUT2D eigenvalue weighted by Crippen LogP contribution is -2.21. The highest BCUT2D eigenvalue weighted by Crippen LogP contribution is 2.20. The zero-order valence-corrected chi connectivity index (χ0v) is 9.88. The Balaban J connectivity index is 2.12. The van der Waals surface area contributed by atoms with Gasteiger partial charge < -0.3 is 14.8 Å². The predicted octanol–water partition coefficient (Wildman–Crippen LogP) is 1.47. The molecule has 0 radical (unpaired) electrons. The average Bonchev–Trinajstić information content (AvgIpc) is 2.83. The van der Waals surface area contributed by atoms with Gasteiger partial charge in [-0.2, -0.15) is 0 Å². The molecule has 6 heteroatoms. The van der Waals surface area contributed by atoms with E-state index in [2.05, 4.69) is 15.5 Å². The van der Waals surface area contributed by atoms with E-state index < -0.39 is 6.08 Å². The molecular weight excluding hydrogens is 234 g/mol. The summed E-state index contributed by atoms with van der Waals surface area (Å²) in [6.07, 6.45) is -0.00767. The smallest absolute Gasteiger partial charge is 0.412 e. The van der Waals surface area contributed by atoms with Crippen molar-refractivity contribution in [3.05, 3.63) is 29.8 Å². The van der Waals surface area contributed by atoms with Crippen molar-refractivity contribution < 1.29 is 14.3 Å². The van der Waals surface area contributed by atoms with Crippen LogP contribution in [-0.2, 0) is 11.3 Å². The summed E-state index contributed by atoms with van der Waals surface area (Å²) in [6.45, 7) is 2.24. The van der Waals surface area contributed by atoms with Crippen molar-refractivity contribution in [3.8, 4) is 17.5 Å². The number of aromatic nitrogens is 2. The minimum absolute atomic E-state index is 0.00385. The van der Waals surface area contributed by atoms with E-state index in [0.717, 1.165) is 5.56 Å². The topological polar surface area (TPSA) is 88.2 Å². The highest BCUT2D eigenvalue weighted by Gasteiger charge is 2.07. The molecule has 0 unspecified atom stereocenters. The molecule has 1 heterocycles. The van der Waals surface area contributed by atoms with Crippen molar-refractivity contribution in [2.45, 2.75) is 19.9 Å². The minimum Gasteiger partial charge on any atom is -0.465 e. The maximum atomic E-state index is 11.2. The lowest BCUT2D eigenvalue weighted by molar-refractivity contribution is -0.120. The van der Waals surface area contributed by atoms with Crippen LogP contribution in [0.15, 0.2) is 28.7 Å². The molecule has 0 atom stereocenters. The van der Waals surface area contributed by atoms with Crippen molar-refractivity contribution in [2.75, 3.05) is 0 Å². The highest BCUT2D eigenvalue weighted by atomic mass is 16.5. The Morgan fingerprint density at radius 1 is 1.44 bits per heavy atom. The molecule has 0 aliphatic rings. The molecule has 0 fully saturated rings. The lowest BCUT2D eigenvalue weighted by Gasteiger charge is -2.04. The fourth-order valence-corrected chi connectivity index (χ4v) is 1.47. The Labute approximate surface area is 104 Å². The Morgan fingerprint density at radius 3 is 2.94 bits per heavy atom. The van der Waals surface area contributed by atoms with Gasteiger partial charge >= 0.3 is 6.08 Å². The number of nitrogens with one attached hydrogen (secondary N) is 1. The molecule has 94 valence electrons. The first kappa shape index (κ1) is 12.1. The monoisotopic (exact) mass is 247 g/mol. The van der Waals surface area contributed by atoms with E-state index in [1.807, 2.05) is 18.2 Å². The largest absolute Gasteiger partial charge is 0.465 e. The fourth-order valence-electron chi connectivity index (χ4n) is 1.47. The van der Waals surface area contributed by atoms with Crippen molar-refractivity contribution in [2.24, 2.45) is 0 Å². The summed E-state index contributed by atoms with van der Waals surface area (Å²) in [6, 6.07) is 7.32. The molecule has 0 saturated heterocycles. The summed E-state index contributed by atoms with van der Waals surface area (Å²) >= 11 is 0. The minimum atomic E-state index is -0.463. The molecular formula is C12H13N3O3. The Hall–Kier alpha value is -2.37. The highest BCUT2D eigenvalue weighted by molar-refractivity contribution is 5.75. The van der Waals surface area contributed by atoms with Gasteiger partial charge in [-0.3, -0.25) is 4.79 Å². The quantitative estimate of drug-likeness (QED) is 0.854. The van der Waals surface area contributed by atoms with Gasteiger partial charge in [-0.25, -0.2) is 0 Å². The summed E-state index contributed by atoms with van der Waals surface area (Å²) in [5.41, 5.74) is 1.62. The molecule has 0 spiro atoms. The van der Waals surface area contributed by atoms with Crippen LogP contribution in [0.4, 0.5) is 0 Å². The van der Waals surface area contributed by atoms with Crippen molar-refractivity contribution >= 4 is 5.91 Å². The molecule has 1 aromatic heterocycles. The Morgan fingerprint density at radius 2 is 2.28 bits per heavy atom. The van der Waals surface area contributed by atoms with Crippen LogP contribution < -0.4 is 5.32 Å². The molecule has 0 aliphatic carbocycles. The molecule has 6 nitrogen and oxygen atoms in total. The fraction of sp³-hybridized carbons (Fsp3) is 0.250. The summed E-state index contributed by atoms with van der Waals surface area (Å²) in [5, 5.41) is 18.8. The summed E-state index contributed by atoms with van der Waals surface area (Å²) in [7, 11) is 0. The normalized spacial score (nSPS) is 10.3. The van der Waals surface area contributed by atoms with Crippen LogP contribution in [0.3, 0.4) is 0 Å². The first-order valence-corrected chi connectivity index (χ1v) is 5.57. The molecule has 2 N–H and O–H groups in total. The van der Waals surface area contributed by atoms with E-state index in [1.165, 1.54) is 0 Å². The van der Waals surface area contributed by atoms with Gasteiger partial charge in [-0.1, -0.05) is 24.2 Å². The Bertz CT molecular complexity index is 551. The SMILES string of the molecule is CCC(=O)NCc1cccc(-c2nnc(O)o2)c1. The molecule has 2 aromatic rings. The van der Waals surface area contributed by atoms with Crippen LogP contribution >= 0.6 is 0 Å². The number of carbonyl (C=O) groups is 1. The number of hydrogen-bond acceptors (Lipinski definition) is 5. The lowest BCUT2D eigenvalue weighted by atomic mass is 10.1. The second-order valence-electron chi connectivity index (χ2n) is 3.72. The average molecular weight is 247 g/mol. The number of benzene rings is 1. The van der Waals surface area contributed by atoms with Crippen LogP contribution in [0.25, 0.3) is 11.5 Å². The summed E-state index contributed by atoms with van der Waals surface area (Å²) in [5.74, 6) is 0.243. The van der Waals surface area contributed by atoms with Gasteiger partial charge in [0.05, 0.1) is 0 Å². The van der Waals surface area contributed by atoms with Crippen LogP contribution in [0.2, 0.25) is 0 Å². The van der Waals surface area contributed by atoms with E-state index in [-0.39, 0.29) is 11.8 Å². The second kappa shape index (κ2) is 5.31. The molecule has 0 aliphatic heterocycles. The standard InChI is InChI=1S/C12H13N3O3/c1-2-10(16)13-7-8-4-3-5-9(6-8)11-14-15-12(17)18-11/h3-6H,2,7H2,1H3,(H,13,16)(H,15,17). The maximum absolute atomic E-state index is 11.2. The van der Waals surface area contributed by atoms with E-state index in [9.17, 15) is 4.79 Å². The summed E-state index contributed by atoms with van der Waals surface area (Å²) in [4.78, 5) is 11.2. The van der Waals surface area contributed by atoms with Crippen LogP contribution in [0, 0.1) is 0 Å². The van der Waals surface area contributed by atoms with Crippen molar-refractivity contribution in [1.82, 2.24) is 15.5 Å². The van der Waals surface area contributed by atoms with Gasteiger partial charge in [0.25, 0.3) is 5.89 Å². The van der Waals surface area contributed by atoms with Crippen molar-refractivity contribution in [1.29, 1.82) is 0 Å². The molecule has 0 saturated carbocycles. The number of hydrogen-bond donors (Lipinski definition) is 2. The number of carbonyl (C=O) groups excluding carboxylic acids is 1. The molecule has 0 bridgehead atoms. The third-order valence-corrected chi connectivity index (χ3v) is 2.40. The van der Waals surface area contributed by atoms with E-state index >= 15 is 0 Å². The number of nitrogens with zero attached hydrogens (tertiary/aromatic N) is 2. The Kier molecular flexibility index (Phi) is 3.57. The zero-order valence-electron chi connectivity index (χ0n) is 9.88. The second-order valence-corrected chi connectivity index (χ2v) is 3.72. The van der Waals surface area contributed by atoms with Gasteiger partial charge in [-0.05, 0) is 17.7 Å². The van der Waals surface area contributed by atoms with Gasteiger partial charge in [0.15, 0.2) is 0 Å².